The van der Waals surface area contributed by atoms with Crippen LogP contribution in [0.2, 0.25) is 5.02 Å². The lowest BCUT2D eigenvalue weighted by Gasteiger charge is -2.35. The van der Waals surface area contributed by atoms with Gasteiger partial charge in [0.05, 0.1) is 30.0 Å². The van der Waals surface area contributed by atoms with Crippen molar-refractivity contribution in [3.8, 4) is 6.07 Å². The highest BCUT2D eigenvalue weighted by atomic mass is 35.5. The molecular weight excluding hydrogens is 236 g/mol. The lowest BCUT2D eigenvalue weighted by Crippen LogP contribution is -2.46. The highest BCUT2D eigenvalue weighted by Gasteiger charge is 2.38. The van der Waals surface area contributed by atoms with E-state index >= 15 is 0 Å². The number of anilines is 1. The maximum absolute atomic E-state index is 9.09. The summed E-state index contributed by atoms with van der Waals surface area (Å²) in [6.45, 7) is 5.60. The molecule has 2 rings (SSSR count). The lowest BCUT2D eigenvalue weighted by molar-refractivity contribution is -0.0690. The van der Waals surface area contributed by atoms with Crippen LogP contribution in [0, 0.1) is 30.6 Å². The van der Waals surface area contributed by atoms with Crippen molar-refractivity contribution in [2.75, 3.05) is 25.1 Å². The molecule has 0 radical (unpaired) electrons. The SMILES string of the molecule is Cc1cc(C)c(NCC2(C#N)COC2)c(Cl)c1. The summed E-state index contributed by atoms with van der Waals surface area (Å²) < 4.78 is 5.10. The third-order valence-electron chi connectivity index (χ3n) is 3.03. The molecule has 17 heavy (non-hydrogen) atoms. The van der Waals surface area contributed by atoms with Gasteiger partial charge >= 0.3 is 0 Å². The van der Waals surface area contributed by atoms with Gasteiger partial charge in [-0.15, -0.1) is 0 Å². The first-order valence-electron chi connectivity index (χ1n) is 5.56. The minimum atomic E-state index is -0.388. The Morgan fingerprint density at radius 1 is 1.47 bits per heavy atom. The zero-order valence-corrected chi connectivity index (χ0v) is 10.8. The predicted octanol–water partition coefficient (Wildman–Crippen LogP) is 2.91. The zero-order valence-electron chi connectivity index (χ0n) is 10.0. The molecule has 1 N–H and O–H groups in total. The first kappa shape index (κ1) is 12.2. The summed E-state index contributed by atoms with van der Waals surface area (Å²) in [5, 5.41) is 13.1. The molecule has 0 unspecified atom stereocenters. The number of hydrogen-bond acceptors (Lipinski definition) is 3. The van der Waals surface area contributed by atoms with Gasteiger partial charge in [0.25, 0.3) is 0 Å². The van der Waals surface area contributed by atoms with Gasteiger partial charge in [-0.3, -0.25) is 0 Å². The topological polar surface area (TPSA) is 45.0 Å². The third-order valence-corrected chi connectivity index (χ3v) is 3.33. The number of halogens is 1. The number of rotatable bonds is 3. The largest absolute Gasteiger partial charge is 0.382 e. The Hall–Kier alpha value is -1.24. The van der Waals surface area contributed by atoms with Crippen LogP contribution >= 0.6 is 11.6 Å². The van der Waals surface area contributed by atoms with Crippen molar-refractivity contribution in [2.45, 2.75) is 13.8 Å². The molecule has 1 aromatic rings. The van der Waals surface area contributed by atoms with Gasteiger partial charge in [0.1, 0.15) is 5.41 Å². The maximum Gasteiger partial charge on any atom is 0.121 e. The Morgan fingerprint density at radius 3 is 2.65 bits per heavy atom. The molecule has 4 heteroatoms. The van der Waals surface area contributed by atoms with Crippen molar-refractivity contribution in [1.29, 1.82) is 5.26 Å². The van der Waals surface area contributed by atoms with E-state index < -0.39 is 0 Å². The fourth-order valence-electron chi connectivity index (χ4n) is 1.95. The van der Waals surface area contributed by atoms with Gasteiger partial charge in [0, 0.05) is 6.54 Å². The van der Waals surface area contributed by atoms with E-state index in [1.165, 1.54) is 0 Å². The first-order chi connectivity index (χ1) is 8.06. The molecule has 0 amide bonds. The van der Waals surface area contributed by atoms with Crippen LogP contribution in [0.25, 0.3) is 0 Å². The van der Waals surface area contributed by atoms with Crippen LogP contribution in [-0.4, -0.2) is 19.8 Å². The van der Waals surface area contributed by atoms with Crippen LogP contribution in [0.4, 0.5) is 5.69 Å². The number of aryl methyl sites for hydroxylation is 2. The van der Waals surface area contributed by atoms with Crippen molar-refractivity contribution in [2.24, 2.45) is 5.41 Å². The number of nitrogens with zero attached hydrogens (tertiary/aromatic N) is 1. The Kier molecular flexibility index (Phi) is 3.28. The molecule has 0 atom stereocenters. The van der Waals surface area contributed by atoms with E-state index in [1.807, 2.05) is 19.9 Å². The molecule has 0 bridgehead atoms. The first-order valence-corrected chi connectivity index (χ1v) is 5.94. The van der Waals surface area contributed by atoms with Gasteiger partial charge < -0.3 is 10.1 Å². The molecule has 0 saturated carbocycles. The van der Waals surface area contributed by atoms with Crippen molar-refractivity contribution < 1.29 is 4.74 Å². The maximum atomic E-state index is 9.09. The van der Waals surface area contributed by atoms with Gasteiger partial charge in [-0.05, 0) is 31.0 Å². The normalized spacial score (nSPS) is 17.1. The number of nitrogens with one attached hydrogen (secondary N) is 1. The van der Waals surface area contributed by atoms with Gasteiger partial charge in [-0.2, -0.15) is 5.26 Å². The van der Waals surface area contributed by atoms with Crippen LogP contribution in [0.15, 0.2) is 12.1 Å². The van der Waals surface area contributed by atoms with Crippen molar-refractivity contribution in [1.82, 2.24) is 0 Å². The molecule has 1 aliphatic heterocycles. The van der Waals surface area contributed by atoms with Crippen molar-refractivity contribution in [3.05, 3.63) is 28.3 Å². The quantitative estimate of drug-likeness (QED) is 0.897. The van der Waals surface area contributed by atoms with Crippen LogP contribution in [0.3, 0.4) is 0 Å². The summed E-state index contributed by atoms with van der Waals surface area (Å²) in [7, 11) is 0. The monoisotopic (exact) mass is 250 g/mol. The molecule has 1 saturated heterocycles. The van der Waals surface area contributed by atoms with Gasteiger partial charge in [0.15, 0.2) is 0 Å². The van der Waals surface area contributed by atoms with E-state index in [-0.39, 0.29) is 5.41 Å². The summed E-state index contributed by atoms with van der Waals surface area (Å²) in [4.78, 5) is 0. The van der Waals surface area contributed by atoms with Crippen LogP contribution < -0.4 is 5.32 Å². The van der Waals surface area contributed by atoms with E-state index in [2.05, 4.69) is 17.5 Å². The molecule has 1 fully saturated rings. The van der Waals surface area contributed by atoms with E-state index in [0.29, 0.717) is 24.8 Å². The molecule has 1 aliphatic rings. The zero-order chi connectivity index (χ0) is 12.5. The third kappa shape index (κ3) is 2.38. The molecule has 1 heterocycles. The highest BCUT2D eigenvalue weighted by molar-refractivity contribution is 6.33. The van der Waals surface area contributed by atoms with Gasteiger partial charge in [-0.1, -0.05) is 17.7 Å². The van der Waals surface area contributed by atoms with Gasteiger partial charge in [0.2, 0.25) is 0 Å². The van der Waals surface area contributed by atoms with Crippen LogP contribution in [-0.2, 0) is 4.74 Å². The standard InChI is InChI=1S/C13H15ClN2O/c1-9-3-10(2)12(11(14)4-9)16-6-13(5-15)7-17-8-13/h3-4,16H,6-8H2,1-2H3. The summed E-state index contributed by atoms with van der Waals surface area (Å²) in [5.41, 5.74) is 2.77. The second-order valence-electron chi connectivity index (χ2n) is 4.68. The Labute approximate surface area is 106 Å². The van der Waals surface area contributed by atoms with E-state index in [4.69, 9.17) is 21.6 Å². The number of nitriles is 1. The van der Waals surface area contributed by atoms with Gasteiger partial charge in [-0.25, -0.2) is 0 Å². The Morgan fingerprint density at radius 2 is 2.18 bits per heavy atom. The minimum absolute atomic E-state index is 0.388. The highest BCUT2D eigenvalue weighted by Crippen LogP contribution is 2.31. The average molecular weight is 251 g/mol. The smallest absolute Gasteiger partial charge is 0.121 e. The second kappa shape index (κ2) is 4.56. The van der Waals surface area contributed by atoms with Crippen LogP contribution in [0.5, 0.6) is 0 Å². The summed E-state index contributed by atoms with van der Waals surface area (Å²) in [5.74, 6) is 0. The molecule has 0 aliphatic carbocycles. The molecular formula is C13H15ClN2O. The number of hydrogen-bond donors (Lipinski definition) is 1. The summed E-state index contributed by atoms with van der Waals surface area (Å²) in [6, 6.07) is 6.30. The van der Waals surface area contributed by atoms with E-state index in [1.54, 1.807) is 0 Å². The molecule has 1 aromatic carbocycles. The second-order valence-corrected chi connectivity index (χ2v) is 5.08. The molecule has 0 spiro atoms. The number of benzene rings is 1. The summed E-state index contributed by atoms with van der Waals surface area (Å²) >= 11 is 6.19. The Bertz CT molecular complexity index is 452. The molecule has 90 valence electrons. The van der Waals surface area contributed by atoms with Crippen molar-refractivity contribution >= 4 is 17.3 Å². The average Bonchev–Trinajstić information content (AvgIpc) is 2.19. The van der Waals surface area contributed by atoms with E-state index in [9.17, 15) is 0 Å². The Balaban J connectivity index is 2.12. The molecule has 0 aromatic heterocycles. The fraction of sp³-hybridized carbons (Fsp3) is 0.462. The van der Waals surface area contributed by atoms with E-state index in [0.717, 1.165) is 16.8 Å². The predicted molar refractivity (Wildman–Crippen MR) is 68.3 cm³/mol. The lowest BCUT2D eigenvalue weighted by atomic mass is 9.88. The minimum Gasteiger partial charge on any atom is -0.382 e. The van der Waals surface area contributed by atoms with Crippen molar-refractivity contribution in [3.63, 3.8) is 0 Å². The summed E-state index contributed by atoms with van der Waals surface area (Å²) in [6.07, 6.45) is 0. The molecule has 3 nitrogen and oxygen atoms in total. The number of ether oxygens (including phenoxy) is 1. The fourth-order valence-corrected chi connectivity index (χ4v) is 2.34. The van der Waals surface area contributed by atoms with Crippen LogP contribution in [0.1, 0.15) is 11.1 Å².